The molecule has 0 saturated carbocycles. The highest BCUT2D eigenvalue weighted by molar-refractivity contribution is 8.13. The van der Waals surface area contributed by atoms with Crippen LogP contribution >= 0.6 is 11.8 Å². The lowest BCUT2D eigenvalue weighted by atomic mass is 10.0. The number of nitrogens with zero attached hydrogens (tertiary/aromatic N) is 3. The van der Waals surface area contributed by atoms with Crippen molar-refractivity contribution in [3.63, 3.8) is 0 Å². The molecule has 7 heteroatoms. The van der Waals surface area contributed by atoms with E-state index in [1.54, 1.807) is 23.9 Å². The quantitative estimate of drug-likeness (QED) is 0.755. The Morgan fingerprint density at radius 2 is 1.93 bits per heavy atom. The highest BCUT2D eigenvalue weighted by Crippen LogP contribution is 2.32. The molecule has 1 fully saturated rings. The summed E-state index contributed by atoms with van der Waals surface area (Å²) >= 11 is 1.81. The van der Waals surface area contributed by atoms with E-state index in [2.05, 4.69) is 35.0 Å². The van der Waals surface area contributed by atoms with E-state index in [9.17, 15) is 9.50 Å². The molecule has 2 aromatic rings. The van der Waals surface area contributed by atoms with Crippen molar-refractivity contribution in [2.45, 2.75) is 30.7 Å². The van der Waals surface area contributed by atoms with Crippen LogP contribution in [0.25, 0.3) is 0 Å². The fraction of sp³-hybridized carbons (Fsp3) is 0.435. The number of aliphatic hydroxyl groups is 1. The second-order valence-corrected chi connectivity index (χ2v) is 8.82. The molecule has 0 radical (unpaired) electrons. The van der Waals surface area contributed by atoms with Crippen LogP contribution in [-0.2, 0) is 5.75 Å². The highest BCUT2D eigenvalue weighted by atomic mass is 32.2. The van der Waals surface area contributed by atoms with Crippen LogP contribution in [0, 0.1) is 5.82 Å². The molecule has 0 bridgehead atoms. The third-order valence-electron chi connectivity index (χ3n) is 5.70. The molecule has 0 spiro atoms. The molecule has 2 heterocycles. The third kappa shape index (κ3) is 5.33. The van der Waals surface area contributed by atoms with Crippen molar-refractivity contribution < 1.29 is 14.2 Å². The molecule has 5 nitrogen and oxygen atoms in total. The number of piperidine rings is 1. The van der Waals surface area contributed by atoms with E-state index in [1.165, 1.54) is 17.7 Å². The smallest absolute Gasteiger partial charge is 0.164 e. The average Bonchev–Trinajstić information content (AvgIpc) is 2.78. The van der Waals surface area contributed by atoms with Gasteiger partial charge in [-0.25, -0.2) is 9.38 Å². The summed E-state index contributed by atoms with van der Waals surface area (Å²) in [4.78, 5) is 9.47. The zero-order valence-electron chi connectivity index (χ0n) is 17.2. The summed E-state index contributed by atoms with van der Waals surface area (Å²) in [6, 6.07) is 14.7. The predicted octanol–water partition coefficient (Wildman–Crippen LogP) is 3.90. The average molecular weight is 430 g/mol. The second kappa shape index (κ2) is 9.81. The first kappa shape index (κ1) is 21.2. The number of fused-ring (bicyclic) bond motifs is 1. The van der Waals surface area contributed by atoms with Gasteiger partial charge < -0.3 is 19.6 Å². The lowest BCUT2D eigenvalue weighted by Crippen LogP contribution is -2.47. The second-order valence-electron chi connectivity index (χ2n) is 7.87. The molecule has 0 amide bonds. The van der Waals surface area contributed by atoms with Gasteiger partial charge in [-0.2, -0.15) is 0 Å². The summed E-state index contributed by atoms with van der Waals surface area (Å²) in [7, 11) is 2.14. The number of hydrogen-bond donors (Lipinski definition) is 1. The summed E-state index contributed by atoms with van der Waals surface area (Å²) in [6.07, 6.45) is 1.52. The summed E-state index contributed by atoms with van der Waals surface area (Å²) in [6.45, 7) is 2.67. The third-order valence-corrected chi connectivity index (χ3v) is 6.79. The van der Waals surface area contributed by atoms with Crippen LogP contribution in [0.4, 0.5) is 10.1 Å². The van der Waals surface area contributed by atoms with Gasteiger partial charge >= 0.3 is 0 Å². The molecule has 2 aromatic carbocycles. The zero-order valence-corrected chi connectivity index (χ0v) is 18.0. The minimum atomic E-state index is -0.570. The number of ether oxygens (including phenoxy) is 1. The van der Waals surface area contributed by atoms with E-state index in [0.717, 1.165) is 42.5 Å². The summed E-state index contributed by atoms with van der Waals surface area (Å²) in [5.41, 5.74) is 2.38. The van der Waals surface area contributed by atoms with Crippen molar-refractivity contribution in [3.8, 4) is 5.75 Å². The van der Waals surface area contributed by atoms with E-state index in [-0.39, 0.29) is 12.4 Å². The first-order valence-corrected chi connectivity index (χ1v) is 11.4. The van der Waals surface area contributed by atoms with Crippen LogP contribution < -0.4 is 4.74 Å². The van der Waals surface area contributed by atoms with Crippen LogP contribution in [-0.4, -0.2) is 65.5 Å². The van der Waals surface area contributed by atoms with Crippen molar-refractivity contribution in [1.82, 2.24) is 9.80 Å². The Hall–Kier alpha value is -2.09. The van der Waals surface area contributed by atoms with Crippen molar-refractivity contribution in [2.75, 3.05) is 33.3 Å². The Labute approximate surface area is 181 Å². The standard InChI is InChI=1S/C23H28FN3O2S/c1-26(23-25-22-5-3-2-4-17(22)16-30-23)19-10-12-27(13-11-19)14-20(28)15-29-21-8-6-18(24)7-9-21/h2-9,19-20,28H,10-16H2,1H3. The van der Waals surface area contributed by atoms with Crippen molar-refractivity contribution in [2.24, 2.45) is 4.99 Å². The number of likely N-dealkylation sites (tertiary alicyclic amines) is 1. The number of halogens is 1. The minimum Gasteiger partial charge on any atom is -0.491 e. The van der Waals surface area contributed by atoms with E-state index >= 15 is 0 Å². The molecule has 1 atom stereocenters. The van der Waals surface area contributed by atoms with E-state index in [4.69, 9.17) is 9.73 Å². The Morgan fingerprint density at radius 3 is 2.70 bits per heavy atom. The molecule has 2 aliphatic heterocycles. The van der Waals surface area contributed by atoms with Crippen molar-refractivity contribution >= 4 is 22.6 Å². The van der Waals surface area contributed by atoms with E-state index in [0.29, 0.717) is 18.3 Å². The Balaban J connectivity index is 1.23. The topological polar surface area (TPSA) is 48.3 Å². The summed E-state index contributed by atoms with van der Waals surface area (Å²) in [5.74, 6) is 1.25. The number of amidine groups is 1. The number of aliphatic hydroxyl groups excluding tert-OH is 1. The van der Waals surface area contributed by atoms with Crippen LogP contribution in [0.1, 0.15) is 18.4 Å². The SMILES string of the molecule is CN(C1=Nc2ccccc2CS1)C1CCN(CC(O)COc2ccc(F)cc2)CC1. The van der Waals surface area contributed by atoms with Gasteiger partial charge in [-0.15, -0.1) is 0 Å². The van der Waals surface area contributed by atoms with Crippen LogP contribution in [0.2, 0.25) is 0 Å². The molecule has 0 aliphatic carbocycles. The number of benzene rings is 2. The summed E-state index contributed by atoms with van der Waals surface area (Å²) in [5, 5.41) is 11.4. The minimum absolute atomic E-state index is 0.207. The maximum Gasteiger partial charge on any atom is 0.164 e. The fourth-order valence-corrected chi connectivity index (χ4v) is 4.96. The van der Waals surface area contributed by atoms with Gasteiger partial charge in [0.25, 0.3) is 0 Å². The first-order chi connectivity index (χ1) is 14.6. The number of hydrogen-bond acceptors (Lipinski definition) is 6. The van der Waals surface area contributed by atoms with Gasteiger partial charge in [0.2, 0.25) is 0 Å². The van der Waals surface area contributed by atoms with Gasteiger partial charge in [-0.05, 0) is 48.7 Å². The number of β-amino-alcohol motifs (C(OH)–C–C–N with tert-alkyl or cyclic N) is 1. The number of rotatable bonds is 6. The largest absolute Gasteiger partial charge is 0.491 e. The Bertz CT molecular complexity index is 869. The van der Waals surface area contributed by atoms with E-state index < -0.39 is 6.10 Å². The normalized spacial score (nSPS) is 18.4. The molecule has 30 heavy (non-hydrogen) atoms. The first-order valence-electron chi connectivity index (χ1n) is 10.4. The fourth-order valence-electron chi connectivity index (χ4n) is 3.92. The van der Waals surface area contributed by atoms with Crippen LogP contribution in [0.5, 0.6) is 5.75 Å². The molecule has 4 rings (SSSR count). The molecule has 160 valence electrons. The van der Waals surface area contributed by atoms with Gasteiger partial charge in [0.15, 0.2) is 5.17 Å². The predicted molar refractivity (Wildman–Crippen MR) is 120 cm³/mol. The molecule has 1 saturated heterocycles. The molecule has 0 aromatic heterocycles. The number of thioether (sulfide) groups is 1. The van der Waals surface area contributed by atoms with Crippen LogP contribution in [0.3, 0.4) is 0 Å². The Morgan fingerprint density at radius 1 is 1.20 bits per heavy atom. The van der Waals surface area contributed by atoms with Gasteiger partial charge in [-0.3, -0.25) is 0 Å². The lowest BCUT2D eigenvalue weighted by Gasteiger charge is -2.39. The van der Waals surface area contributed by atoms with E-state index in [1.807, 2.05) is 6.07 Å². The maximum absolute atomic E-state index is 12.9. The number of aliphatic imine (C=N–C) groups is 1. The van der Waals surface area contributed by atoms with Gasteiger partial charge in [0.1, 0.15) is 24.3 Å². The van der Waals surface area contributed by atoms with Gasteiger partial charge in [-0.1, -0.05) is 30.0 Å². The van der Waals surface area contributed by atoms with Gasteiger partial charge in [0.05, 0.1) is 5.69 Å². The highest BCUT2D eigenvalue weighted by Gasteiger charge is 2.27. The molecule has 1 N–H and O–H groups in total. The monoisotopic (exact) mass is 429 g/mol. The molecular formula is C23H28FN3O2S. The van der Waals surface area contributed by atoms with Crippen molar-refractivity contribution in [3.05, 3.63) is 59.9 Å². The zero-order chi connectivity index (χ0) is 20.9. The van der Waals surface area contributed by atoms with Crippen molar-refractivity contribution in [1.29, 1.82) is 0 Å². The lowest BCUT2D eigenvalue weighted by molar-refractivity contribution is 0.0537. The molecule has 2 aliphatic rings. The van der Waals surface area contributed by atoms with Gasteiger partial charge in [0, 0.05) is 38.5 Å². The summed E-state index contributed by atoms with van der Waals surface area (Å²) < 4.78 is 18.5. The maximum atomic E-state index is 12.9. The number of para-hydroxylation sites is 1. The molecular weight excluding hydrogens is 401 g/mol. The van der Waals surface area contributed by atoms with Crippen LogP contribution in [0.15, 0.2) is 53.5 Å². The molecule has 1 unspecified atom stereocenters. The Kier molecular flexibility index (Phi) is 6.92.